The van der Waals surface area contributed by atoms with Crippen LogP contribution in [0.2, 0.25) is 10.0 Å². The molecule has 0 saturated heterocycles. The maximum atomic E-state index is 11.5. The predicted octanol–water partition coefficient (Wildman–Crippen LogP) is 4.06. The van der Waals surface area contributed by atoms with E-state index in [1.807, 2.05) is 0 Å². The highest BCUT2D eigenvalue weighted by Crippen LogP contribution is 2.23. The van der Waals surface area contributed by atoms with Gasteiger partial charge in [-0.2, -0.15) is 0 Å². The Bertz CT molecular complexity index is 594. The molecule has 1 aromatic carbocycles. The lowest BCUT2D eigenvalue weighted by atomic mass is 10.2. The number of halogens is 2. The first-order valence-electron chi connectivity index (χ1n) is 6.52. The standard InChI is InChI=1S/C16H16Cl2O4/c1-11(2)16(20)22-9-3-8-21-15(19)7-5-12-4-6-13(17)14(18)10-12/h4-7,10H,1,3,8-9H2,2H3/b7-5+. The zero-order chi connectivity index (χ0) is 16.5. The Morgan fingerprint density at radius 3 is 2.50 bits per heavy atom. The molecule has 118 valence electrons. The van der Waals surface area contributed by atoms with Crippen molar-refractivity contribution in [1.29, 1.82) is 0 Å². The van der Waals surface area contributed by atoms with Crippen molar-refractivity contribution in [3.63, 3.8) is 0 Å². The van der Waals surface area contributed by atoms with Crippen molar-refractivity contribution in [2.75, 3.05) is 13.2 Å². The van der Waals surface area contributed by atoms with Gasteiger partial charge >= 0.3 is 11.9 Å². The zero-order valence-corrected chi connectivity index (χ0v) is 13.6. The van der Waals surface area contributed by atoms with E-state index in [1.165, 1.54) is 6.08 Å². The summed E-state index contributed by atoms with van der Waals surface area (Å²) in [5.74, 6) is -0.942. The predicted molar refractivity (Wildman–Crippen MR) is 86.8 cm³/mol. The Balaban J connectivity index is 2.28. The lowest BCUT2D eigenvalue weighted by Crippen LogP contribution is -2.09. The Kier molecular flexibility index (Phi) is 7.71. The highest BCUT2D eigenvalue weighted by molar-refractivity contribution is 6.42. The van der Waals surface area contributed by atoms with Crippen LogP contribution in [-0.4, -0.2) is 25.2 Å². The first-order chi connectivity index (χ1) is 10.4. The average molecular weight is 343 g/mol. The number of esters is 2. The summed E-state index contributed by atoms with van der Waals surface area (Å²) in [6.45, 7) is 5.36. The molecule has 0 aliphatic heterocycles. The fourth-order valence-electron chi connectivity index (χ4n) is 1.35. The molecule has 22 heavy (non-hydrogen) atoms. The van der Waals surface area contributed by atoms with Crippen LogP contribution in [0.1, 0.15) is 18.9 Å². The average Bonchev–Trinajstić information content (AvgIpc) is 2.47. The van der Waals surface area contributed by atoms with Crippen LogP contribution < -0.4 is 0 Å². The highest BCUT2D eigenvalue weighted by Gasteiger charge is 2.03. The second kappa shape index (κ2) is 9.28. The fourth-order valence-corrected chi connectivity index (χ4v) is 1.65. The molecule has 0 unspecified atom stereocenters. The number of hydrogen-bond acceptors (Lipinski definition) is 4. The molecular weight excluding hydrogens is 327 g/mol. The number of ether oxygens (including phenoxy) is 2. The third kappa shape index (κ3) is 6.78. The van der Waals surface area contributed by atoms with Crippen LogP contribution in [0, 0.1) is 0 Å². The van der Waals surface area contributed by atoms with Crippen LogP contribution in [0.5, 0.6) is 0 Å². The minimum atomic E-state index is -0.489. The fraction of sp³-hybridized carbons (Fsp3) is 0.250. The van der Waals surface area contributed by atoms with Crippen molar-refractivity contribution < 1.29 is 19.1 Å². The molecular formula is C16H16Cl2O4. The molecule has 4 nitrogen and oxygen atoms in total. The Labute approximate surface area is 139 Å². The van der Waals surface area contributed by atoms with Gasteiger partial charge in [-0.3, -0.25) is 0 Å². The van der Waals surface area contributed by atoms with Gasteiger partial charge in [0.05, 0.1) is 23.3 Å². The molecule has 0 bridgehead atoms. The number of hydrogen-bond donors (Lipinski definition) is 0. The van der Waals surface area contributed by atoms with Gasteiger partial charge in [-0.15, -0.1) is 0 Å². The van der Waals surface area contributed by atoms with Crippen molar-refractivity contribution >= 4 is 41.2 Å². The van der Waals surface area contributed by atoms with Crippen molar-refractivity contribution in [2.24, 2.45) is 0 Å². The molecule has 0 radical (unpaired) electrons. The first-order valence-corrected chi connectivity index (χ1v) is 7.28. The van der Waals surface area contributed by atoms with Crippen molar-refractivity contribution in [3.8, 4) is 0 Å². The molecule has 6 heteroatoms. The summed E-state index contributed by atoms with van der Waals surface area (Å²) in [5.41, 5.74) is 1.07. The van der Waals surface area contributed by atoms with Crippen molar-refractivity contribution in [1.82, 2.24) is 0 Å². The minimum absolute atomic E-state index is 0.161. The Morgan fingerprint density at radius 2 is 1.86 bits per heavy atom. The van der Waals surface area contributed by atoms with Gasteiger partial charge in [0.25, 0.3) is 0 Å². The van der Waals surface area contributed by atoms with E-state index in [0.29, 0.717) is 22.0 Å². The van der Waals surface area contributed by atoms with E-state index in [9.17, 15) is 9.59 Å². The van der Waals surface area contributed by atoms with Gasteiger partial charge in [0.2, 0.25) is 0 Å². The van der Waals surface area contributed by atoms with E-state index in [0.717, 1.165) is 5.56 Å². The summed E-state index contributed by atoms with van der Waals surface area (Å²) in [6, 6.07) is 5.02. The summed E-state index contributed by atoms with van der Waals surface area (Å²) >= 11 is 11.7. The van der Waals surface area contributed by atoms with Crippen molar-refractivity contribution in [3.05, 3.63) is 52.0 Å². The smallest absolute Gasteiger partial charge is 0.333 e. The maximum Gasteiger partial charge on any atom is 0.333 e. The molecule has 0 amide bonds. The topological polar surface area (TPSA) is 52.6 Å². The number of carbonyl (C=O) groups excluding carboxylic acids is 2. The lowest BCUT2D eigenvalue weighted by molar-refractivity contribution is -0.140. The molecule has 0 aromatic heterocycles. The first kappa shape index (κ1) is 18.3. The van der Waals surface area contributed by atoms with Gasteiger partial charge in [-0.05, 0) is 30.7 Å². The molecule has 0 aliphatic rings. The van der Waals surface area contributed by atoms with Crippen LogP contribution in [0.25, 0.3) is 6.08 Å². The normalized spacial score (nSPS) is 10.5. The van der Waals surface area contributed by atoms with Gasteiger partial charge < -0.3 is 9.47 Å². The van der Waals surface area contributed by atoms with Gasteiger partial charge in [0.1, 0.15) is 0 Å². The largest absolute Gasteiger partial charge is 0.462 e. The molecule has 0 heterocycles. The molecule has 0 saturated carbocycles. The third-order valence-corrected chi connectivity index (χ3v) is 3.21. The van der Waals surface area contributed by atoms with Crippen LogP contribution in [0.4, 0.5) is 0 Å². The van der Waals surface area contributed by atoms with E-state index < -0.39 is 11.9 Å². The summed E-state index contributed by atoms with van der Waals surface area (Å²) in [6.07, 6.45) is 3.29. The van der Waals surface area contributed by atoms with Crippen LogP contribution in [0.3, 0.4) is 0 Å². The van der Waals surface area contributed by atoms with Crippen LogP contribution >= 0.6 is 23.2 Å². The molecule has 0 spiro atoms. The maximum absolute atomic E-state index is 11.5. The Hall–Kier alpha value is -1.78. The van der Waals surface area contributed by atoms with E-state index in [2.05, 4.69) is 6.58 Å². The number of rotatable bonds is 7. The quantitative estimate of drug-likeness (QED) is 0.426. The summed E-state index contributed by atoms with van der Waals surface area (Å²) < 4.78 is 9.83. The van der Waals surface area contributed by atoms with Crippen molar-refractivity contribution in [2.45, 2.75) is 13.3 Å². The van der Waals surface area contributed by atoms with E-state index in [-0.39, 0.29) is 13.2 Å². The number of carbonyl (C=O) groups is 2. The summed E-state index contributed by atoms with van der Waals surface area (Å²) in [7, 11) is 0. The summed E-state index contributed by atoms with van der Waals surface area (Å²) in [5, 5.41) is 0.863. The molecule has 0 atom stereocenters. The molecule has 0 N–H and O–H groups in total. The zero-order valence-electron chi connectivity index (χ0n) is 12.1. The molecule has 1 rings (SSSR count). The molecule has 0 fully saturated rings. The molecule has 0 aliphatic carbocycles. The summed E-state index contributed by atoms with van der Waals surface area (Å²) in [4.78, 5) is 22.6. The monoisotopic (exact) mass is 342 g/mol. The number of benzene rings is 1. The molecule has 1 aromatic rings. The van der Waals surface area contributed by atoms with Crippen LogP contribution in [-0.2, 0) is 19.1 Å². The SMILES string of the molecule is C=C(C)C(=O)OCCCOC(=O)/C=C/c1ccc(Cl)c(Cl)c1. The Morgan fingerprint density at radius 1 is 1.18 bits per heavy atom. The second-order valence-corrected chi connectivity index (χ2v) is 5.26. The van der Waals surface area contributed by atoms with Crippen LogP contribution in [0.15, 0.2) is 36.4 Å². The second-order valence-electron chi connectivity index (χ2n) is 4.44. The third-order valence-electron chi connectivity index (χ3n) is 2.47. The van der Waals surface area contributed by atoms with E-state index >= 15 is 0 Å². The van der Waals surface area contributed by atoms with Gasteiger partial charge in [0.15, 0.2) is 0 Å². The van der Waals surface area contributed by atoms with Gasteiger partial charge in [-0.1, -0.05) is 35.8 Å². The highest BCUT2D eigenvalue weighted by atomic mass is 35.5. The van der Waals surface area contributed by atoms with E-state index in [4.69, 9.17) is 32.7 Å². The van der Waals surface area contributed by atoms with E-state index in [1.54, 1.807) is 31.2 Å². The van der Waals surface area contributed by atoms with Gasteiger partial charge in [-0.25, -0.2) is 9.59 Å². The lowest BCUT2D eigenvalue weighted by Gasteiger charge is -2.04. The minimum Gasteiger partial charge on any atom is -0.462 e. The van der Waals surface area contributed by atoms with Gasteiger partial charge in [0, 0.05) is 18.1 Å².